The number of fused-ring (bicyclic) bond motifs is 1. The summed E-state index contributed by atoms with van der Waals surface area (Å²) in [6, 6.07) is 11.6. The van der Waals surface area contributed by atoms with E-state index in [1.54, 1.807) is 6.07 Å². The number of benzene rings is 2. The standard InChI is InChI=1S/C19H22FN5O/c1-24(13-15-2-4-17-18(11-15)22-23-21-17)12-14-3-5-19(16(20)10-14)25-6-8-26-9-7-25/h2-5,10-11H,6-9,12-13H2,1H3,(H,21,22,23). The van der Waals surface area contributed by atoms with Crippen LogP contribution in [-0.4, -0.2) is 53.7 Å². The third-order valence-corrected chi connectivity index (χ3v) is 4.65. The summed E-state index contributed by atoms with van der Waals surface area (Å²) >= 11 is 0. The van der Waals surface area contributed by atoms with E-state index in [1.807, 2.05) is 42.3 Å². The van der Waals surface area contributed by atoms with Crippen molar-refractivity contribution < 1.29 is 9.13 Å². The van der Waals surface area contributed by atoms with Gasteiger partial charge >= 0.3 is 0 Å². The van der Waals surface area contributed by atoms with Gasteiger partial charge < -0.3 is 9.64 Å². The van der Waals surface area contributed by atoms with Gasteiger partial charge in [0.05, 0.1) is 18.9 Å². The van der Waals surface area contributed by atoms with Gasteiger partial charge in [-0.15, -0.1) is 0 Å². The molecule has 1 aliphatic rings. The van der Waals surface area contributed by atoms with Crippen LogP contribution in [0.2, 0.25) is 0 Å². The van der Waals surface area contributed by atoms with Crippen LogP contribution in [0.3, 0.4) is 0 Å². The lowest BCUT2D eigenvalue weighted by Gasteiger charge is -2.29. The summed E-state index contributed by atoms with van der Waals surface area (Å²) in [4.78, 5) is 4.20. The van der Waals surface area contributed by atoms with Gasteiger partial charge in [-0.2, -0.15) is 15.4 Å². The number of anilines is 1. The fraction of sp³-hybridized carbons (Fsp3) is 0.368. The van der Waals surface area contributed by atoms with E-state index in [0.717, 1.165) is 41.8 Å². The molecule has 6 nitrogen and oxygen atoms in total. The first-order valence-corrected chi connectivity index (χ1v) is 8.78. The molecule has 1 aliphatic heterocycles. The molecule has 0 bridgehead atoms. The molecule has 0 atom stereocenters. The SMILES string of the molecule is CN(Cc1ccc(N2CCOCC2)c(F)c1)Cc1ccc2n[nH]nc2c1. The second-order valence-corrected chi connectivity index (χ2v) is 6.70. The molecular weight excluding hydrogens is 333 g/mol. The molecule has 2 aromatic carbocycles. The highest BCUT2D eigenvalue weighted by molar-refractivity contribution is 5.74. The van der Waals surface area contributed by atoms with Crippen molar-refractivity contribution in [1.82, 2.24) is 20.3 Å². The molecule has 4 rings (SSSR count). The van der Waals surface area contributed by atoms with Gasteiger partial charge in [-0.3, -0.25) is 4.90 Å². The van der Waals surface area contributed by atoms with Gasteiger partial charge in [0.1, 0.15) is 16.9 Å². The highest BCUT2D eigenvalue weighted by Gasteiger charge is 2.15. The van der Waals surface area contributed by atoms with Gasteiger partial charge in [-0.05, 0) is 42.4 Å². The largest absolute Gasteiger partial charge is 0.378 e. The van der Waals surface area contributed by atoms with Crippen molar-refractivity contribution in [3.8, 4) is 0 Å². The Labute approximate surface area is 151 Å². The minimum Gasteiger partial charge on any atom is -0.378 e. The summed E-state index contributed by atoms with van der Waals surface area (Å²) < 4.78 is 19.9. The number of aromatic amines is 1. The van der Waals surface area contributed by atoms with E-state index in [2.05, 4.69) is 20.3 Å². The minimum atomic E-state index is -0.165. The van der Waals surface area contributed by atoms with Gasteiger partial charge in [-0.1, -0.05) is 12.1 Å². The van der Waals surface area contributed by atoms with Crippen molar-refractivity contribution in [3.05, 3.63) is 53.3 Å². The highest BCUT2D eigenvalue weighted by atomic mass is 19.1. The van der Waals surface area contributed by atoms with Gasteiger partial charge in [0.15, 0.2) is 0 Å². The number of hydrogen-bond donors (Lipinski definition) is 1. The van der Waals surface area contributed by atoms with E-state index >= 15 is 0 Å². The van der Waals surface area contributed by atoms with Crippen molar-refractivity contribution in [2.75, 3.05) is 38.3 Å². The van der Waals surface area contributed by atoms with Crippen molar-refractivity contribution in [2.45, 2.75) is 13.1 Å². The molecule has 0 unspecified atom stereocenters. The number of aromatic nitrogens is 3. The Bertz CT molecular complexity index is 891. The second kappa shape index (κ2) is 7.39. The van der Waals surface area contributed by atoms with E-state index in [1.165, 1.54) is 0 Å². The first-order chi connectivity index (χ1) is 12.7. The molecule has 0 spiro atoms. The molecule has 1 aromatic heterocycles. The van der Waals surface area contributed by atoms with Crippen LogP contribution < -0.4 is 4.90 Å². The van der Waals surface area contributed by atoms with Crippen LogP contribution in [0.4, 0.5) is 10.1 Å². The number of nitrogens with one attached hydrogen (secondary N) is 1. The maximum atomic E-state index is 14.5. The number of H-pyrrole nitrogens is 1. The molecule has 0 aliphatic carbocycles. The van der Waals surface area contributed by atoms with Gasteiger partial charge in [0, 0.05) is 26.2 Å². The Hall–Kier alpha value is -2.51. The molecule has 7 heteroatoms. The summed E-state index contributed by atoms with van der Waals surface area (Å²) in [6.07, 6.45) is 0. The summed E-state index contributed by atoms with van der Waals surface area (Å²) in [5, 5.41) is 10.8. The van der Waals surface area contributed by atoms with Crippen molar-refractivity contribution >= 4 is 16.7 Å². The highest BCUT2D eigenvalue weighted by Crippen LogP contribution is 2.22. The Morgan fingerprint density at radius 1 is 1.04 bits per heavy atom. The molecule has 136 valence electrons. The molecule has 1 N–H and O–H groups in total. The summed E-state index contributed by atoms with van der Waals surface area (Å²) in [5.41, 5.74) is 4.49. The second-order valence-electron chi connectivity index (χ2n) is 6.70. The van der Waals surface area contributed by atoms with Crippen molar-refractivity contribution in [2.24, 2.45) is 0 Å². The van der Waals surface area contributed by atoms with Gasteiger partial charge in [0.2, 0.25) is 0 Å². The van der Waals surface area contributed by atoms with Crippen LogP contribution in [0.15, 0.2) is 36.4 Å². The van der Waals surface area contributed by atoms with E-state index in [0.29, 0.717) is 25.4 Å². The first-order valence-electron chi connectivity index (χ1n) is 8.78. The van der Waals surface area contributed by atoms with E-state index in [9.17, 15) is 4.39 Å². The Kier molecular flexibility index (Phi) is 4.81. The van der Waals surface area contributed by atoms with Gasteiger partial charge in [0.25, 0.3) is 0 Å². The Balaban J connectivity index is 1.41. The maximum Gasteiger partial charge on any atom is 0.146 e. The van der Waals surface area contributed by atoms with Crippen LogP contribution in [0.25, 0.3) is 11.0 Å². The lowest BCUT2D eigenvalue weighted by atomic mass is 10.1. The fourth-order valence-corrected chi connectivity index (χ4v) is 3.37. The topological polar surface area (TPSA) is 57.3 Å². The molecule has 1 saturated heterocycles. The predicted molar refractivity (Wildman–Crippen MR) is 98.5 cm³/mol. The smallest absolute Gasteiger partial charge is 0.146 e. The molecule has 0 radical (unpaired) electrons. The third-order valence-electron chi connectivity index (χ3n) is 4.65. The number of nitrogens with zero attached hydrogens (tertiary/aromatic N) is 4. The number of hydrogen-bond acceptors (Lipinski definition) is 5. The first kappa shape index (κ1) is 16.9. The van der Waals surface area contributed by atoms with Gasteiger partial charge in [-0.25, -0.2) is 4.39 Å². The van der Waals surface area contributed by atoms with E-state index in [4.69, 9.17) is 4.74 Å². The lowest BCUT2D eigenvalue weighted by Crippen LogP contribution is -2.36. The maximum absolute atomic E-state index is 14.5. The average Bonchev–Trinajstić information content (AvgIpc) is 3.10. The van der Waals surface area contributed by atoms with Crippen LogP contribution in [0, 0.1) is 5.82 Å². The molecule has 2 heterocycles. The molecule has 26 heavy (non-hydrogen) atoms. The number of rotatable bonds is 5. The van der Waals surface area contributed by atoms with Crippen LogP contribution in [0.5, 0.6) is 0 Å². The Morgan fingerprint density at radius 2 is 1.73 bits per heavy atom. The summed E-state index contributed by atoms with van der Waals surface area (Å²) in [5.74, 6) is -0.165. The van der Waals surface area contributed by atoms with E-state index in [-0.39, 0.29) is 5.82 Å². The normalized spacial score (nSPS) is 15.1. The molecule has 0 amide bonds. The van der Waals surface area contributed by atoms with Crippen molar-refractivity contribution in [1.29, 1.82) is 0 Å². The number of morpholine rings is 1. The predicted octanol–water partition coefficient (Wildman–Crippen LogP) is 2.57. The summed E-state index contributed by atoms with van der Waals surface area (Å²) in [7, 11) is 2.03. The van der Waals surface area contributed by atoms with E-state index < -0.39 is 0 Å². The fourth-order valence-electron chi connectivity index (χ4n) is 3.37. The zero-order valence-electron chi connectivity index (χ0n) is 14.8. The zero-order chi connectivity index (χ0) is 17.9. The van der Waals surface area contributed by atoms with Crippen molar-refractivity contribution in [3.63, 3.8) is 0 Å². The van der Waals surface area contributed by atoms with Crippen LogP contribution >= 0.6 is 0 Å². The lowest BCUT2D eigenvalue weighted by molar-refractivity contribution is 0.122. The minimum absolute atomic E-state index is 0.165. The van der Waals surface area contributed by atoms with Crippen LogP contribution in [0.1, 0.15) is 11.1 Å². The number of ether oxygens (including phenoxy) is 1. The van der Waals surface area contributed by atoms with Crippen LogP contribution in [-0.2, 0) is 17.8 Å². The average molecular weight is 355 g/mol. The Morgan fingerprint density at radius 3 is 2.50 bits per heavy atom. The molecular formula is C19H22FN5O. The molecule has 3 aromatic rings. The number of halogens is 1. The zero-order valence-corrected chi connectivity index (χ0v) is 14.8. The molecule has 0 saturated carbocycles. The molecule has 1 fully saturated rings. The monoisotopic (exact) mass is 355 g/mol. The third kappa shape index (κ3) is 3.68. The quantitative estimate of drug-likeness (QED) is 0.762. The summed E-state index contributed by atoms with van der Waals surface area (Å²) in [6.45, 7) is 4.22.